The van der Waals surface area contributed by atoms with E-state index in [0.717, 1.165) is 24.5 Å². The molecule has 0 bridgehead atoms. The normalized spacial score (nSPS) is 11.1. The minimum Gasteiger partial charge on any atom is -0.326 e. The van der Waals surface area contributed by atoms with Gasteiger partial charge in [-0.1, -0.05) is 13.8 Å². The largest absolute Gasteiger partial charge is 0.326 e. The molecule has 0 radical (unpaired) electrons. The second-order valence-electron chi connectivity index (χ2n) is 6.54. The van der Waals surface area contributed by atoms with Gasteiger partial charge in [-0.05, 0) is 68.5 Å². The van der Waals surface area contributed by atoms with E-state index in [0.29, 0.717) is 24.5 Å². The second-order valence-corrected chi connectivity index (χ2v) is 6.54. The lowest BCUT2D eigenvalue weighted by Gasteiger charge is -2.25. The molecule has 0 unspecified atom stereocenters. The Balaban J connectivity index is 2.03. The number of carbonyl (C=O) groups is 2. The SMILES string of the molecule is CCN(CC)CC(=O)N(CC)c1ccc(N=Nc2ccc(NC(C)=O)cc2)cc1. The van der Waals surface area contributed by atoms with Crippen LogP contribution in [0.5, 0.6) is 0 Å². The molecule has 0 aliphatic heterocycles. The quantitative estimate of drug-likeness (QED) is 0.622. The van der Waals surface area contributed by atoms with Crippen molar-refractivity contribution in [1.29, 1.82) is 0 Å². The van der Waals surface area contributed by atoms with E-state index in [9.17, 15) is 9.59 Å². The number of rotatable bonds is 9. The lowest BCUT2D eigenvalue weighted by atomic mass is 10.2. The summed E-state index contributed by atoms with van der Waals surface area (Å²) in [6.45, 7) is 10.3. The fourth-order valence-electron chi connectivity index (χ4n) is 2.86. The van der Waals surface area contributed by atoms with Crippen LogP contribution in [0.25, 0.3) is 0 Å². The van der Waals surface area contributed by atoms with E-state index in [4.69, 9.17) is 0 Å². The highest BCUT2D eigenvalue weighted by atomic mass is 16.2. The summed E-state index contributed by atoms with van der Waals surface area (Å²) < 4.78 is 0. The van der Waals surface area contributed by atoms with Crippen LogP contribution in [0.4, 0.5) is 22.7 Å². The number of hydrogen-bond donors (Lipinski definition) is 1. The Hall–Kier alpha value is -3.06. The van der Waals surface area contributed by atoms with E-state index in [1.807, 2.05) is 31.2 Å². The molecule has 2 rings (SSSR count). The van der Waals surface area contributed by atoms with Crippen LogP contribution in [0, 0.1) is 0 Å². The van der Waals surface area contributed by atoms with Crippen molar-refractivity contribution in [1.82, 2.24) is 4.90 Å². The van der Waals surface area contributed by atoms with Gasteiger partial charge in [-0.25, -0.2) is 0 Å². The van der Waals surface area contributed by atoms with Gasteiger partial charge in [0.15, 0.2) is 0 Å². The number of benzene rings is 2. The average Bonchev–Trinajstić information content (AvgIpc) is 2.72. The fraction of sp³-hybridized carbons (Fsp3) is 0.364. The highest BCUT2D eigenvalue weighted by molar-refractivity contribution is 5.94. The first-order valence-corrected chi connectivity index (χ1v) is 9.89. The van der Waals surface area contributed by atoms with E-state index >= 15 is 0 Å². The van der Waals surface area contributed by atoms with Gasteiger partial charge in [0.1, 0.15) is 0 Å². The predicted octanol–water partition coefficient (Wildman–Crippen LogP) is 4.76. The first-order valence-electron chi connectivity index (χ1n) is 9.89. The molecule has 0 aromatic heterocycles. The third-order valence-corrected chi connectivity index (χ3v) is 4.50. The van der Waals surface area contributed by atoms with Gasteiger partial charge in [0, 0.05) is 24.8 Å². The summed E-state index contributed by atoms with van der Waals surface area (Å²) in [4.78, 5) is 27.5. The number of carbonyl (C=O) groups excluding carboxylic acids is 2. The number of azo groups is 1. The topological polar surface area (TPSA) is 77.4 Å². The van der Waals surface area contributed by atoms with Gasteiger partial charge in [-0.15, -0.1) is 0 Å². The van der Waals surface area contributed by atoms with E-state index in [1.165, 1.54) is 6.92 Å². The molecule has 0 atom stereocenters. The monoisotopic (exact) mass is 395 g/mol. The Kier molecular flexibility index (Phi) is 8.48. The van der Waals surface area contributed by atoms with Crippen molar-refractivity contribution in [3.05, 3.63) is 48.5 Å². The first-order chi connectivity index (χ1) is 14.0. The van der Waals surface area contributed by atoms with Crippen molar-refractivity contribution in [2.75, 3.05) is 36.4 Å². The van der Waals surface area contributed by atoms with Crippen molar-refractivity contribution in [2.24, 2.45) is 10.2 Å². The van der Waals surface area contributed by atoms with Crippen molar-refractivity contribution in [3.63, 3.8) is 0 Å². The molecule has 0 saturated carbocycles. The van der Waals surface area contributed by atoms with Crippen LogP contribution >= 0.6 is 0 Å². The van der Waals surface area contributed by atoms with E-state index in [2.05, 4.69) is 34.3 Å². The molecular formula is C22H29N5O2. The minimum absolute atomic E-state index is 0.0878. The van der Waals surface area contributed by atoms with E-state index in [-0.39, 0.29) is 11.8 Å². The summed E-state index contributed by atoms with van der Waals surface area (Å²) in [5.41, 5.74) is 2.96. The van der Waals surface area contributed by atoms with Gasteiger partial charge in [0.2, 0.25) is 11.8 Å². The van der Waals surface area contributed by atoms with E-state index < -0.39 is 0 Å². The molecule has 0 aliphatic rings. The minimum atomic E-state index is -0.115. The smallest absolute Gasteiger partial charge is 0.241 e. The van der Waals surface area contributed by atoms with Gasteiger partial charge in [0.25, 0.3) is 0 Å². The van der Waals surface area contributed by atoms with Gasteiger partial charge in [-0.2, -0.15) is 10.2 Å². The lowest BCUT2D eigenvalue weighted by Crippen LogP contribution is -2.40. The number of nitrogens with zero attached hydrogens (tertiary/aromatic N) is 4. The van der Waals surface area contributed by atoms with Gasteiger partial charge in [-0.3, -0.25) is 14.5 Å². The van der Waals surface area contributed by atoms with Gasteiger partial charge in [0.05, 0.1) is 17.9 Å². The van der Waals surface area contributed by atoms with Crippen molar-refractivity contribution >= 4 is 34.6 Å². The summed E-state index contributed by atoms with van der Waals surface area (Å²) in [5.74, 6) is -0.0268. The first kappa shape index (κ1) is 22.2. The third kappa shape index (κ3) is 6.80. The molecule has 0 spiro atoms. The zero-order valence-electron chi connectivity index (χ0n) is 17.6. The zero-order valence-corrected chi connectivity index (χ0v) is 17.6. The van der Waals surface area contributed by atoms with Crippen LogP contribution in [0.3, 0.4) is 0 Å². The number of likely N-dealkylation sites (N-methyl/N-ethyl adjacent to an activating group) is 2. The van der Waals surface area contributed by atoms with Gasteiger partial charge < -0.3 is 10.2 Å². The predicted molar refractivity (Wildman–Crippen MR) is 117 cm³/mol. The van der Waals surface area contributed by atoms with Crippen LogP contribution in [-0.4, -0.2) is 42.9 Å². The molecule has 0 aliphatic carbocycles. The summed E-state index contributed by atoms with van der Waals surface area (Å²) in [5, 5.41) is 11.2. The summed E-state index contributed by atoms with van der Waals surface area (Å²) in [6, 6.07) is 14.6. The lowest BCUT2D eigenvalue weighted by molar-refractivity contribution is -0.119. The Morgan fingerprint density at radius 2 is 1.34 bits per heavy atom. The molecule has 7 heteroatoms. The molecule has 1 N–H and O–H groups in total. The maximum Gasteiger partial charge on any atom is 0.241 e. The van der Waals surface area contributed by atoms with Crippen LogP contribution in [0.15, 0.2) is 58.8 Å². The molecule has 0 heterocycles. The summed E-state index contributed by atoms with van der Waals surface area (Å²) >= 11 is 0. The number of amides is 2. The number of anilines is 2. The Bertz CT molecular complexity index is 827. The Morgan fingerprint density at radius 1 is 0.828 bits per heavy atom. The van der Waals surface area contributed by atoms with Crippen LogP contribution in [-0.2, 0) is 9.59 Å². The third-order valence-electron chi connectivity index (χ3n) is 4.50. The fourth-order valence-corrected chi connectivity index (χ4v) is 2.86. The molecule has 7 nitrogen and oxygen atoms in total. The summed E-state index contributed by atoms with van der Waals surface area (Å²) in [6.07, 6.45) is 0. The second kappa shape index (κ2) is 11.1. The average molecular weight is 396 g/mol. The van der Waals surface area contributed by atoms with Crippen LogP contribution < -0.4 is 10.2 Å². The maximum atomic E-state index is 12.6. The highest BCUT2D eigenvalue weighted by Crippen LogP contribution is 2.23. The molecule has 29 heavy (non-hydrogen) atoms. The van der Waals surface area contributed by atoms with Crippen molar-refractivity contribution in [2.45, 2.75) is 27.7 Å². The molecule has 2 amide bonds. The Morgan fingerprint density at radius 3 is 1.79 bits per heavy atom. The van der Waals surface area contributed by atoms with Crippen molar-refractivity contribution in [3.8, 4) is 0 Å². The Labute approximate surface area is 172 Å². The van der Waals surface area contributed by atoms with Gasteiger partial charge >= 0.3 is 0 Å². The standard InChI is InChI=1S/C22H29N5O2/c1-5-26(6-2)16-22(29)27(7-3)21-14-12-20(13-15-21)25-24-19-10-8-18(9-11-19)23-17(4)28/h8-15H,5-7,16H2,1-4H3,(H,23,28). The molecule has 0 saturated heterocycles. The number of nitrogens with one attached hydrogen (secondary N) is 1. The molecule has 154 valence electrons. The van der Waals surface area contributed by atoms with Crippen LogP contribution in [0.2, 0.25) is 0 Å². The molecule has 0 fully saturated rings. The van der Waals surface area contributed by atoms with Crippen molar-refractivity contribution < 1.29 is 9.59 Å². The number of hydrogen-bond acceptors (Lipinski definition) is 5. The maximum absolute atomic E-state index is 12.6. The highest BCUT2D eigenvalue weighted by Gasteiger charge is 2.16. The zero-order chi connectivity index (χ0) is 21.2. The molecule has 2 aromatic carbocycles. The van der Waals surface area contributed by atoms with Crippen LogP contribution in [0.1, 0.15) is 27.7 Å². The summed E-state index contributed by atoms with van der Waals surface area (Å²) in [7, 11) is 0. The molecule has 2 aromatic rings. The molecular weight excluding hydrogens is 366 g/mol. The van der Waals surface area contributed by atoms with E-state index in [1.54, 1.807) is 29.2 Å².